The van der Waals surface area contributed by atoms with Gasteiger partial charge in [0.25, 0.3) is 5.91 Å². The first kappa shape index (κ1) is 16.9. The van der Waals surface area contributed by atoms with Crippen LogP contribution in [0.2, 0.25) is 0 Å². The van der Waals surface area contributed by atoms with Gasteiger partial charge in [-0.05, 0) is 49.6 Å². The van der Waals surface area contributed by atoms with Gasteiger partial charge < -0.3 is 15.0 Å². The predicted octanol–water partition coefficient (Wildman–Crippen LogP) is 2.51. The van der Waals surface area contributed by atoms with Crippen LogP contribution in [-0.4, -0.2) is 42.3 Å². The molecule has 2 heterocycles. The van der Waals surface area contributed by atoms with Gasteiger partial charge in [-0.2, -0.15) is 0 Å². The third kappa shape index (κ3) is 4.12. The van der Waals surface area contributed by atoms with Gasteiger partial charge in [0.05, 0.1) is 12.7 Å². The SMILES string of the molecule is COC(=O)c1cccc(NC(=O)c2ccc(N3CCCCC3)nn2)c1. The van der Waals surface area contributed by atoms with Crippen LogP contribution in [0.4, 0.5) is 11.5 Å². The second-order valence-electron chi connectivity index (χ2n) is 5.85. The first-order valence-corrected chi connectivity index (χ1v) is 8.26. The van der Waals surface area contributed by atoms with Gasteiger partial charge in [0.2, 0.25) is 0 Å². The number of nitrogens with zero attached hydrogens (tertiary/aromatic N) is 3. The third-order valence-electron chi connectivity index (χ3n) is 4.10. The van der Waals surface area contributed by atoms with Gasteiger partial charge >= 0.3 is 5.97 Å². The number of amides is 1. The van der Waals surface area contributed by atoms with E-state index >= 15 is 0 Å². The molecule has 2 aromatic rings. The molecule has 1 aromatic heterocycles. The molecule has 0 radical (unpaired) electrons. The summed E-state index contributed by atoms with van der Waals surface area (Å²) in [5.41, 5.74) is 1.09. The average Bonchev–Trinajstić information content (AvgIpc) is 2.68. The molecule has 0 aliphatic carbocycles. The van der Waals surface area contributed by atoms with Crippen LogP contribution in [0.3, 0.4) is 0 Å². The first-order chi connectivity index (χ1) is 12.2. The van der Waals surface area contributed by atoms with Crippen LogP contribution in [0.1, 0.15) is 40.1 Å². The standard InChI is InChI=1S/C18H20N4O3/c1-25-18(24)13-6-5-7-14(12-13)19-17(23)15-8-9-16(21-20-15)22-10-3-2-4-11-22/h5-9,12H,2-4,10-11H2,1H3,(H,19,23). The highest BCUT2D eigenvalue weighted by Crippen LogP contribution is 2.17. The lowest BCUT2D eigenvalue weighted by atomic mass is 10.1. The summed E-state index contributed by atoms with van der Waals surface area (Å²) in [6, 6.07) is 10.0. The van der Waals surface area contributed by atoms with E-state index in [0.29, 0.717) is 11.3 Å². The number of hydrogen-bond donors (Lipinski definition) is 1. The monoisotopic (exact) mass is 340 g/mol. The smallest absolute Gasteiger partial charge is 0.337 e. The van der Waals surface area contributed by atoms with E-state index in [2.05, 4.69) is 25.2 Å². The van der Waals surface area contributed by atoms with Crippen molar-refractivity contribution in [2.45, 2.75) is 19.3 Å². The molecular formula is C18H20N4O3. The Bertz CT molecular complexity index is 755. The fourth-order valence-electron chi connectivity index (χ4n) is 2.77. The molecule has 1 fully saturated rings. The van der Waals surface area contributed by atoms with E-state index in [-0.39, 0.29) is 11.6 Å². The lowest BCUT2D eigenvalue weighted by Crippen LogP contribution is -2.30. The van der Waals surface area contributed by atoms with E-state index in [0.717, 1.165) is 31.7 Å². The third-order valence-corrected chi connectivity index (χ3v) is 4.10. The van der Waals surface area contributed by atoms with Crippen LogP contribution in [0, 0.1) is 0 Å². The lowest BCUT2D eigenvalue weighted by molar-refractivity contribution is 0.0600. The van der Waals surface area contributed by atoms with Crippen LogP contribution in [0.5, 0.6) is 0 Å². The molecule has 0 saturated carbocycles. The average molecular weight is 340 g/mol. The summed E-state index contributed by atoms with van der Waals surface area (Å²) < 4.78 is 4.67. The molecule has 1 amide bonds. The molecule has 7 heteroatoms. The van der Waals surface area contributed by atoms with Crippen LogP contribution in [0.15, 0.2) is 36.4 Å². The molecule has 1 aliphatic heterocycles. The molecule has 25 heavy (non-hydrogen) atoms. The Morgan fingerprint density at radius 2 is 1.88 bits per heavy atom. The van der Waals surface area contributed by atoms with Crippen LogP contribution in [0.25, 0.3) is 0 Å². The summed E-state index contributed by atoms with van der Waals surface area (Å²) in [7, 11) is 1.31. The van der Waals surface area contributed by atoms with Crippen molar-refractivity contribution in [3.8, 4) is 0 Å². The Morgan fingerprint density at radius 3 is 2.56 bits per heavy atom. The van der Waals surface area contributed by atoms with Crippen molar-refractivity contribution in [3.63, 3.8) is 0 Å². The lowest BCUT2D eigenvalue weighted by Gasteiger charge is -2.27. The minimum Gasteiger partial charge on any atom is -0.465 e. The van der Waals surface area contributed by atoms with Crippen molar-refractivity contribution < 1.29 is 14.3 Å². The van der Waals surface area contributed by atoms with E-state index in [1.54, 1.807) is 30.3 Å². The number of benzene rings is 1. The number of piperidine rings is 1. The summed E-state index contributed by atoms with van der Waals surface area (Å²) >= 11 is 0. The maximum atomic E-state index is 12.3. The van der Waals surface area contributed by atoms with Crippen LogP contribution >= 0.6 is 0 Å². The molecule has 130 valence electrons. The highest BCUT2D eigenvalue weighted by atomic mass is 16.5. The number of anilines is 2. The summed E-state index contributed by atoms with van der Waals surface area (Å²) in [4.78, 5) is 26.0. The number of rotatable bonds is 4. The minimum absolute atomic E-state index is 0.226. The van der Waals surface area contributed by atoms with Crippen LogP contribution in [-0.2, 0) is 4.74 Å². The van der Waals surface area contributed by atoms with Gasteiger partial charge in [0, 0.05) is 18.8 Å². The Kier molecular flexibility index (Phi) is 5.23. The van der Waals surface area contributed by atoms with Crippen LogP contribution < -0.4 is 10.2 Å². The second-order valence-corrected chi connectivity index (χ2v) is 5.85. The van der Waals surface area contributed by atoms with Gasteiger partial charge in [-0.15, -0.1) is 10.2 Å². The van der Waals surface area contributed by atoms with E-state index in [1.807, 2.05) is 6.07 Å². The fourth-order valence-corrected chi connectivity index (χ4v) is 2.77. The second kappa shape index (κ2) is 7.74. The van der Waals surface area contributed by atoms with Gasteiger partial charge in [-0.25, -0.2) is 4.79 Å². The summed E-state index contributed by atoms with van der Waals surface area (Å²) in [5.74, 6) is -0.0366. The minimum atomic E-state index is -0.457. The van der Waals surface area contributed by atoms with Crippen molar-refractivity contribution in [1.82, 2.24) is 10.2 Å². The number of aromatic nitrogens is 2. The number of nitrogens with one attached hydrogen (secondary N) is 1. The highest BCUT2D eigenvalue weighted by Gasteiger charge is 2.15. The van der Waals surface area contributed by atoms with E-state index in [1.165, 1.54) is 13.5 Å². The number of methoxy groups -OCH3 is 1. The normalized spacial score (nSPS) is 14.0. The Balaban J connectivity index is 1.68. The van der Waals surface area contributed by atoms with Gasteiger partial charge in [0.15, 0.2) is 11.5 Å². The first-order valence-electron chi connectivity index (χ1n) is 8.26. The molecular weight excluding hydrogens is 320 g/mol. The zero-order chi connectivity index (χ0) is 17.6. The number of ether oxygens (including phenoxy) is 1. The number of esters is 1. The molecule has 1 saturated heterocycles. The largest absolute Gasteiger partial charge is 0.465 e. The highest BCUT2D eigenvalue weighted by molar-refractivity contribution is 6.03. The van der Waals surface area contributed by atoms with Crippen molar-refractivity contribution in [1.29, 1.82) is 0 Å². The van der Waals surface area contributed by atoms with Gasteiger partial charge in [-0.1, -0.05) is 6.07 Å². The predicted molar refractivity (Wildman–Crippen MR) is 93.8 cm³/mol. The number of carbonyl (C=O) groups excluding carboxylic acids is 2. The molecule has 1 N–H and O–H groups in total. The Labute approximate surface area is 146 Å². The molecule has 0 spiro atoms. The molecule has 3 rings (SSSR count). The quantitative estimate of drug-likeness (QED) is 0.861. The zero-order valence-corrected chi connectivity index (χ0v) is 14.1. The summed E-state index contributed by atoms with van der Waals surface area (Å²) in [6.07, 6.45) is 3.55. The topological polar surface area (TPSA) is 84.4 Å². The molecule has 7 nitrogen and oxygen atoms in total. The van der Waals surface area contributed by atoms with Crippen molar-refractivity contribution >= 4 is 23.4 Å². The van der Waals surface area contributed by atoms with Crippen molar-refractivity contribution in [2.75, 3.05) is 30.4 Å². The summed E-state index contributed by atoms with van der Waals surface area (Å²) in [5, 5.41) is 10.9. The van der Waals surface area contributed by atoms with Crippen molar-refractivity contribution in [3.05, 3.63) is 47.7 Å². The van der Waals surface area contributed by atoms with Gasteiger partial charge in [0.1, 0.15) is 0 Å². The molecule has 0 bridgehead atoms. The number of carbonyl (C=O) groups is 2. The Morgan fingerprint density at radius 1 is 1.08 bits per heavy atom. The fraction of sp³-hybridized carbons (Fsp3) is 0.333. The maximum Gasteiger partial charge on any atom is 0.337 e. The molecule has 0 unspecified atom stereocenters. The van der Waals surface area contributed by atoms with E-state index in [9.17, 15) is 9.59 Å². The van der Waals surface area contributed by atoms with E-state index < -0.39 is 5.97 Å². The Hall–Kier alpha value is -2.96. The van der Waals surface area contributed by atoms with Crippen molar-refractivity contribution in [2.24, 2.45) is 0 Å². The van der Waals surface area contributed by atoms with E-state index in [4.69, 9.17) is 0 Å². The van der Waals surface area contributed by atoms with Gasteiger partial charge in [-0.3, -0.25) is 4.79 Å². The zero-order valence-electron chi connectivity index (χ0n) is 14.1. The maximum absolute atomic E-state index is 12.3. The molecule has 0 atom stereocenters. The molecule has 1 aromatic carbocycles. The number of hydrogen-bond acceptors (Lipinski definition) is 6. The molecule has 1 aliphatic rings. The summed E-state index contributed by atoms with van der Waals surface area (Å²) in [6.45, 7) is 1.95.